The van der Waals surface area contributed by atoms with Crippen LogP contribution in [0.1, 0.15) is 27.1 Å². The van der Waals surface area contributed by atoms with E-state index in [4.69, 9.17) is 4.74 Å². The molecule has 0 aromatic carbocycles. The van der Waals surface area contributed by atoms with Gasteiger partial charge in [0.15, 0.2) is 0 Å². The maximum atomic E-state index is 5.99. The van der Waals surface area contributed by atoms with Crippen molar-refractivity contribution in [3.63, 3.8) is 0 Å². The molecule has 0 spiro atoms. The summed E-state index contributed by atoms with van der Waals surface area (Å²) >= 11 is 1.88. The average Bonchev–Trinajstić information content (AvgIpc) is 3.25. The van der Waals surface area contributed by atoms with Gasteiger partial charge >= 0.3 is 0 Å². The predicted octanol–water partition coefficient (Wildman–Crippen LogP) is 3.42. The van der Waals surface area contributed by atoms with E-state index in [0.717, 1.165) is 25.2 Å². The van der Waals surface area contributed by atoms with Gasteiger partial charge in [-0.1, -0.05) is 0 Å². The first-order valence-electron chi connectivity index (χ1n) is 8.53. The zero-order valence-corrected chi connectivity index (χ0v) is 15.2. The molecule has 1 aliphatic heterocycles. The molecule has 0 saturated heterocycles. The van der Waals surface area contributed by atoms with Crippen molar-refractivity contribution in [2.75, 3.05) is 13.2 Å². The molecule has 25 heavy (non-hydrogen) atoms. The van der Waals surface area contributed by atoms with Crippen LogP contribution >= 0.6 is 11.3 Å². The lowest BCUT2D eigenvalue weighted by Gasteiger charge is -2.34. The number of aryl methyl sites for hydroxylation is 1. The second-order valence-corrected chi connectivity index (χ2v) is 7.87. The lowest BCUT2D eigenvalue weighted by Crippen LogP contribution is -2.38. The van der Waals surface area contributed by atoms with Crippen molar-refractivity contribution in [2.45, 2.75) is 32.7 Å². The van der Waals surface area contributed by atoms with E-state index in [1.165, 1.54) is 15.4 Å². The van der Waals surface area contributed by atoms with E-state index in [-0.39, 0.29) is 0 Å². The van der Waals surface area contributed by atoms with Crippen LogP contribution in [0.15, 0.2) is 49.2 Å². The fraction of sp³-hybridized carbons (Fsp3) is 0.368. The Balaban J connectivity index is 1.40. The summed E-state index contributed by atoms with van der Waals surface area (Å²) in [6.45, 7) is 6.38. The maximum Gasteiger partial charge on any atom is 0.0952 e. The molecule has 0 fully saturated rings. The molecule has 130 valence electrons. The number of nitrogens with zero attached hydrogens (tertiary/aromatic N) is 4. The highest BCUT2D eigenvalue weighted by Crippen LogP contribution is 2.25. The summed E-state index contributed by atoms with van der Waals surface area (Å²) in [4.78, 5) is 13.7. The smallest absolute Gasteiger partial charge is 0.0952 e. The third-order valence-electron chi connectivity index (χ3n) is 4.50. The highest BCUT2D eigenvalue weighted by molar-refractivity contribution is 7.11. The Hall–Kier alpha value is -2.02. The molecule has 3 aromatic heterocycles. The topological polar surface area (TPSA) is 43.2 Å². The van der Waals surface area contributed by atoms with Crippen molar-refractivity contribution in [1.82, 2.24) is 19.4 Å². The second kappa shape index (κ2) is 7.47. The molecular formula is C19H22N4OS. The van der Waals surface area contributed by atoms with E-state index in [0.29, 0.717) is 19.3 Å². The fourth-order valence-corrected chi connectivity index (χ4v) is 4.23. The number of hydrogen-bond donors (Lipinski definition) is 0. The summed E-state index contributed by atoms with van der Waals surface area (Å²) in [5.41, 5.74) is 2.42. The molecule has 1 aliphatic rings. The number of rotatable bonds is 6. The first kappa shape index (κ1) is 16.4. The number of imidazole rings is 1. The second-order valence-electron chi connectivity index (χ2n) is 6.50. The minimum atomic E-state index is 0.300. The van der Waals surface area contributed by atoms with Gasteiger partial charge in [0.25, 0.3) is 0 Å². The standard InChI is InChI=1S/C19H22N4OS/c1-15-2-3-19(25-15)11-22-9-17-8-21-14-23(17)18(10-22)13-24-12-16-4-6-20-7-5-16/h2-8,14,18H,9-13H2,1H3. The molecule has 0 N–H and O–H groups in total. The van der Waals surface area contributed by atoms with Crippen LogP contribution in [0.5, 0.6) is 0 Å². The summed E-state index contributed by atoms with van der Waals surface area (Å²) in [5.74, 6) is 0. The quantitative estimate of drug-likeness (QED) is 0.680. The van der Waals surface area contributed by atoms with Crippen molar-refractivity contribution in [2.24, 2.45) is 0 Å². The van der Waals surface area contributed by atoms with Crippen LogP contribution in [0.25, 0.3) is 0 Å². The van der Waals surface area contributed by atoms with Gasteiger partial charge < -0.3 is 9.30 Å². The predicted molar refractivity (Wildman–Crippen MR) is 98.3 cm³/mol. The zero-order chi connectivity index (χ0) is 17.1. The van der Waals surface area contributed by atoms with Crippen LogP contribution in [0, 0.1) is 6.92 Å². The molecule has 6 heteroatoms. The van der Waals surface area contributed by atoms with Crippen LogP contribution in [-0.2, 0) is 24.4 Å². The molecule has 1 unspecified atom stereocenters. The van der Waals surface area contributed by atoms with Gasteiger partial charge in [-0.25, -0.2) is 4.98 Å². The van der Waals surface area contributed by atoms with Crippen molar-refractivity contribution in [3.05, 3.63) is 70.2 Å². The van der Waals surface area contributed by atoms with E-state index in [1.807, 2.05) is 36.0 Å². The Kier molecular flexibility index (Phi) is 4.92. The average molecular weight is 354 g/mol. The molecule has 4 heterocycles. The van der Waals surface area contributed by atoms with Crippen LogP contribution in [0.3, 0.4) is 0 Å². The number of fused-ring (bicyclic) bond motifs is 1. The van der Waals surface area contributed by atoms with Gasteiger partial charge in [0, 0.05) is 48.0 Å². The Bertz CT molecular complexity index is 814. The van der Waals surface area contributed by atoms with E-state index in [2.05, 4.69) is 38.5 Å². The summed E-state index contributed by atoms with van der Waals surface area (Å²) in [6.07, 6.45) is 7.51. The molecule has 0 aliphatic carbocycles. The van der Waals surface area contributed by atoms with Gasteiger partial charge in [0.05, 0.1) is 31.3 Å². The molecule has 0 bridgehead atoms. The lowest BCUT2D eigenvalue weighted by molar-refractivity contribution is 0.0590. The van der Waals surface area contributed by atoms with Crippen LogP contribution < -0.4 is 0 Å². The van der Waals surface area contributed by atoms with Gasteiger partial charge in [0.1, 0.15) is 0 Å². The van der Waals surface area contributed by atoms with Crippen LogP contribution in [0.4, 0.5) is 0 Å². The third-order valence-corrected chi connectivity index (χ3v) is 5.48. The van der Waals surface area contributed by atoms with Crippen molar-refractivity contribution >= 4 is 11.3 Å². The Labute approximate surface area is 151 Å². The first-order valence-corrected chi connectivity index (χ1v) is 9.34. The minimum Gasteiger partial charge on any atom is -0.375 e. The van der Waals surface area contributed by atoms with Crippen LogP contribution in [-0.4, -0.2) is 32.6 Å². The van der Waals surface area contributed by atoms with Gasteiger partial charge in [-0.2, -0.15) is 0 Å². The third kappa shape index (κ3) is 3.98. The van der Waals surface area contributed by atoms with Crippen LogP contribution in [0.2, 0.25) is 0 Å². The fourth-order valence-electron chi connectivity index (χ4n) is 3.30. The number of pyridine rings is 1. The minimum absolute atomic E-state index is 0.300. The molecular weight excluding hydrogens is 332 g/mol. The number of hydrogen-bond acceptors (Lipinski definition) is 5. The molecule has 0 saturated carbocycles. The van der Waals surface area contributed by atoms with Gasteiger partial charge in [-0.05, 0) is 36.8 Å². The molecule has 3 aromatic rings. The SMILES string of the molecule is Cc1ccc(CN2Cc3cncn3C(COCc3ccncc3)C2)s1. The Morgan fingerprint density at radius 2 is 2.08 bits per heavy atom. The Morgan fingerprint density at radius 1 is 1.20 bits per heavy atom. The van der Waals surface area contributed by atoms with Crippen molar-refractivity contribution < 1.29 is 4.74 Å². The molecule has 4 rings (SSSR count). The largest absolute Gasteiger partial charge is 0.375 e. The molecule has 5 nitrogen and oxygen atoms in total. The highest BCUT2D eigenvalue weighted by atomic mass is 32.1. The maximum absolute atomic E-state index is 5.99. The monoisotopic (exact) mass is 354 g/mol. The molecule has 0 amide bonds. The summed E-state index contributed by atoms with van der Waals surface area (Å²) < 4.78 is 8.25. The normalized spacial score (nSPS) is 17.6. The van der Waals surface area contributed by atoms with E-state index >= 15 is 0 Å². The van der Waals surface area contributed by atoms with Crippen molar-refractivity contribution in [1.29, 1.82) is 0 Å². The molecule has 1 atom stereocenters. The lowest BCUT2D eigenvalue weighted by atomic mass is 10.2. The summed E-state index contributed by atoms with van der Waals surface area (Å²) in [6, 6.07) is 8.72. The first-order chi connectivity index (χ1) is 12.3. The number of aromatic nitrogens is 3. The van der Waals surface area contributed by atoms with E-state index < -0.39 is 0 Å². The molecule has 0 radical (unpaired) electrons. The summed E-state index contributed by atoms with van der Waals surface area (Å²) in [7, 11) is 0. The number of thiophene rings is 1. The van der Waals surface area contributed by atoms with E-state index in [1.54, 1.807) is 12.4 Å². The highest BCUT2D eigenvalue weighted by Gasteiger charge is 2.25. The van der Waals surface area contributed by atoms with Gasteiger partial charge in [-0.3, -0.25) is 9.88 Å². The number of ether oxygens (including phenoxy) is 1. The van der Waals surface area contributed by atoms with E-state index in [9.17, 15) is 0 Å². The Morgan fingerprint density at radius 3 is 2.88 bits per heavy atom. The van der Waals surface area contributed by atoms with Gasteiger partial charge in [-0.15, -0.1) is 11.3 Å². The van der Waals surface area contributed by atoms with Crippen molar-refractivity contribution in [3.8, 4) is 0 Å². The summed E-state index contributed by atoms with van der Waals surface area (Å²) in [5, 5.41) is 0. The zero-order valence-electron chi connectivity index (χ0n) is 14.3. The van der Waals surface area contributed by atoms with Gasteiger partial charge in [0.2, 0.25) is 0 Å².